The lowest BCUT2D eigenvalue weighted by atomic mass is 9.74. The molecular weight excluding hydrogens is 825 g/mol. The van der Waals surface area contributed by atoms with E-state index in [1.165, 1.54) is 133 Å². The number of hydrogen-bond donors (Lipinski definition) is 0. The maximum atomic E-state index is 5.07. The van der Waals surface area contributed by atoms with E-state index >= 15 is 0 Å². The second-order valence-electron chi connectivity index (χ2n) is 19.0. The molecule has 4 heterocycles. The van der Waals surface area contributed by atoms with E-state index in [9.17, 15) is 0 Å². The van der Waals surface area contributed by atoms with Crippen LogP contribution in [0, 0.1) is 13.8 Å². The summed E-state index contributed by atoms with van der Waals surface area (Å²) in [7, 11) is 0. The van der Waals surface area contributed by atoms with Crippen LogP contribution in [-0.2, 0) is 25.7 Å². The molecule has 8 aromatic carbocycles. The minimum Gasteiger partial charge on any atom is -0.293 e. The van der Waals surface area contributed by atoms with E-state index in [0.717, 1.165) is 37.3 Å². The summed E-state index contributed by atoms with van der Waals surface area (Å²) in [5, 5.41) is 5.18. The monoisotopic (exact) mass is 870 g/mol. The average Bonchev–Trinajstić information content (AvgIpc) is 3.90. The van der Waals surface area contributed by atoms with Crippen LogP contribution in [0.15, 0.2) is 194 Å². The molecule has 0 unspecified atom stereocenters. The summed E-state index contributed by atoms with van der Waals surface area (Å²) in [6.07, 6.45) is 7.79. The van der Waals surface area contributed by atoms with Gasteiger partial charge in [0, 0.05) is 33.9 Å². The zero-order chi connectivity index (χ0) is 45.0. The average molecular weight is 871 g/mol. The van der Waals surface area contributed by atoms with Crippen molar-refractivity contribution in [2.45, 2.75) is 39.5 Å². The van der Waals surface area contributed by atoms with E-state index in [1.807, 2.05) is 12.4 Å². The number of pyridine rings is 2. The fourth-order valence-electron chi connectivity index (χ4n) is 11.7. The second-order valence-corrected chi connectivity index (χ2v) is 19.0. The number of aromatic nitrogens is 4. The quantitative estimate of drug-likeness (QED) is 0.167. The maximum absolute atomic E-state index is 5.07. The first kappa shape index (κ1) is 38.9. The number of rotatable bonds is 6. The van der Waals surface area contributed by atoms with E-state index < -0.39 is 0 Å². The summed E-state index contributed by atoms with van der Waals surface area (Å²) in [6.45, 7) is 4.34. The summed E-state index contributed by atoms with van der Waals surface area (Å²) in [4.78, 5) is 10.1. The van der Waals surface area contributed by atoms with E-state index in [-0.39, 0.29) is 0 Å². The molecule has 0 atom stereocenters. The van der Waals surface area contributed by atoms with E-state index in [2.05, 4.69) is 205 Å². The zero-order valence-corrected chi connectivity index (χ0v) is 38.1. The van der Waals surface area contributed by atoms with Crippen LogP contribution in [0.3, 0.4) is 0 Å². The highest BCUT2D eigenvalue weighted by Gasteiger charge is 2.33. The molecule has 4 nitrogen and oxygen atoms in total. The maximum Gasteiger partial charge on any atom is 0.137 e. The molecular formula is C64H46N4. The van der Waals surface area contributed by atoms with E-state index in [1.54, 1.807) is 0 Å². The van der Waals surface area contributed by atoms with Crippen molar-refractivity contribution in [3.8, 4) is 67.3 Å². The summed E-state index contributed by atoms with van der Waals surface area (Å²) in [6, 6.07) is 67.2. The Morgan fingerprint density at radius 2 is 0.706 bits per heavy atom. The lowest BCUT2D eigenvalue weighted by Crippen LogP contribution is -2.16. The van der Waals surface area contributed by atoms with Crippen molar-refractivity contribution in [2.75, 3.05) is 0 Å². The first-order chi connectivity index (χ1) is 33.5. The topological polar surface area (TPSA) is 35.6 Å². The molecule has 0 aliphatic heterocycles. The van der Waals surface area contributed by atoms with E-state index in [4.69, 9.17) is 9.97 Å². The van der Waals surface area contributed by atoms with Gasteiger partial charge in [-0.25, -0.2) is 9.97 Å². The Hall–Kier alpha value is -8.34. The molecule has 14 rings (SSSR count). The summed E-state index contributed by atoms with van der Waals surface area (Å²) in [5.74, 6) is 1.93. The molecule has 0 spiro atoms. The Kier molecular flexibility index (Phi) is 8.63. The predicted octanol–water partition coefficient (Wildman–Crippen LogP) is 15.8. The van der Waals surface area contributed by atoms with Crippen molar-refractivity contribution in [3.05, 3.63) is 228 Å². The van der Waals surface area contributed by atoms with Crippen LogP contribution in [-0.4, -0.2) is 19.1 Å². The predicted molar refractivity (Wildman–Crippen MR) is 282 cm³/mol. The summed E-state index contributed by atoms with van der Waals surface area (Å²) >= 11 is 0. The van der Waals surface area contributed by atoms with Gasteiger partial charge in [0.25, 0.3) is 0 Å². The highest BCUT2D eigenvalue weighted by atomic mass is 15.1. The van der Waals surface area contributed by atoms with Crippen molar-refractivity contribution in [1.82, 2.24) is 19.1 Å². The number of nitrogens with zero attached hydrogens (tertiary/aromatic N) is 4. The van der Waals surface area contributed by atoms with Crippen LogP contribution in [0.1, 0.15) is 33.4 Å². The Balaban J connectivity index is 0.981. The first-order valence-corrected chi connectivity index (χ1v) is 24.0. The van der Waals surface area contributed by atoms with Gasteiger partial charge in [-0.3, -0.25) is 9.13 Å². The van der Waals surface area contributed by atoms with Gasteiger partial charge in [0.2, 0.25) is 0 Å². The third-order valence-corrected chi connectivity index (χ3v) is 14.9. The fraction of sp³-hybridized carbons (Fsp3) is 0.0938. The lowest BCUT2D eigenvalue weighted by molar-refractivity contribution is 0.881. The molecule has 0 amide bonds. The Bertz CT molecular complexity index is 3740. The van der Waals surface area contributed by atoms with E-state index in [0.29, 0.717) is 0 Å². The van der Waals surface area contributed by atoms with Gasteiger partial charge < -0.3 is 0 Å². The number of benzene rings is 8. The normalized spacial score (nSPS) is 12.9. The molecule has 0 fully saturated rings. The van der Waals surface area contributed by atoms with Gasteiger partial charge in [0.15, 0.2) is 0 Å². The fourth-order valence-corrected chi connectivity index (χ4v) is 11.7. The summed E-state index contributed by atoms with van der Waals surface area (Å²) < 4.78 is 4.93. The molecule has 4 aromatic heterocycles. The second kappa shape index (κ2) is 15.1. The van der Waals surface area contributed by atoms with Crippen molar-refractivity contribution in [1.29, 1.82) is 0 Å². The van der Waals surface area contributed by atoms with Gasteiger partial charge >= 0.3 is 0 Å². The molecule has 0 saturated carbocycles. The third-order valence-electron chi connectivity index (χ3n) is 14.9. The molecule has 0 saturated heterocycles. The summed E-state index contributed by atoms with van der Waals surface area (Å²) in [5.41, 5.74) is 25.8. The van der Waals surface area contributed by atoms with Crippen LogP contribution in [0.4, 0.5) is 0 Å². The molecule has 0 N–H and O–H groups in total. The zero-order valence-electron chi connectivity index (χ0n) is 38.1. The van der Waals surface area contributed by atoms with Crippen LogP contribution in [0.5, 0.6) is 0 Å². The Morgan fingerprint density at radius 3 is 1.10 bits per heavy atom. The molecule has 4 heteroatoms. The molecule has 12 aromatic rings. The first-order valence-electron chi connectivity index (χ1n) is 24.0. The van der Waals surface area contributed by atoms with Crippen LogP contribution in [0.2, 0.25) is 0 Å². The van der Waals surface area contributed by atoms with Crippen molar-refractivity contribution >= 4 is 43.6 Å². The molecule has 68 heavy (non-hydrogen) atoms. The largest absolute Gasteiger partial charge is 0.293 e. The molecule has 0 bridgehead atoms. The van der Waals surface area contributed by atoms with Gasteiger partial charge in [0.05, 0.1) is 22.1 Å². The third kappa shape index (κ3) is 6.00. The Labute approximate surface area is 395 Å². The lowest BCUT2D eigenvalue weighted by Gasteiger charge is -2.31. The minimum atomic E-state index is 0.963. The van der Waals surface area contributed by atoms with Crippen molar-refractivity contribution < 1.29 is 0 Å². The molecule has 322 valence electrons. The van der Waals surface area contributed by atoms with Gasteiger partial charge in [-0.1, -0.05) is 121 Å². The van der Waals surface area contributed by atoms with Crippen molar-refractivity contribution in [3.63, 3.8) is 0 Å². The highest BCUT2D eigenvalue weighted by Crippen LogP contribution is 2.51. The highest BCUT2D eigenvalue weighted by molar-refractivity contribution is 6.17. The Morgan fingerprint density at radius 1 is 0.338 bits per heavy atom. The standard InChI is InChI=1S/C64H46N4/c1-39-29-31-65-59(33-39)67-57-27-23-47(45-17-13-43(14-18-45)41-9-5-3-6-10-41)35-53(57)55-37-49-22-26-52-62-50(21-25-51(61(49)62)63(55)67)38-56-54-36-48(46-19-15-44(16-20-46)42-11-7-4-8-12-42)24-28-58(54)68(64(52)56)60-34-40(2)30-32-66-60/h3-20,23-24,27-38H,21-22,25-26H2,1-2H3. The van der Waals surface area contributed by atoms with Crippen molar-refractivity contribution in [2.24, 2.45) is 0 Å². The minimum absolute atomic E-state index is 0.963. The number of aryl methyl sites for hydroxylation is 6. The van der Waals surface area contributed by atoms with Gasteiger partial charge in [0.1, 0.15) is 11.6 Å². The molecule has 2 aliphatic rings. The smallest absolute Gasteiger partial charge is 0.137 e. The number of fused-ring (bicyclic) bond motifs is 8. The van der Waals surface area contributed by atoms with Gasteiger partial charge in [-0.15, -0.1) is 0 Å². The van der Waals surface area contributed by atoms with Gasteiger partial charge in [-0.05, 0) is 189 Å². The van der Waals surface area contributed by atoms with Crippen LogP contribution >= 0.6 is 0 Å². The molecule has 2 aliphatic carbocycles. The number of hydrogen-bond acceptors (Lipinski definition) is 2. The molecule has 0 radical (unpaired) electrons. The van der Waals surface area contributed by atoms with Crippen LogP contribution < -0.4 is 0 Å². The van der Waals surface area contributed by atoms with Gasteiger partial charge in [-0.2, -0.15) is 0 Å². The SMILES string of the molecule is Cc1ccnc(-n2c3ccc(-c4ccc(-c5ccccc5)cc4)cc3c3cc4c5c(c32)CCc2cc3c6cc(-c7ccc(-c8ccccc8)cc7)ccc6n(-c6cc(C)ccn6)c3c(c2-5)CC4)c1. The van der Waals surface area contributed by atoms with Crippen LogP contribution in [0.25, 0.3) is 111 Å².